The predicted octanol–water partition coefficient (Wildman–Crippen LogP) is 5.57. The van der Waals surface area contributed by atoms with Crippen LogP contribution in [0.25, 0.3) is 21.8 Å². The summed E-state index contributed by atoms with van der Waals surface area (Å²) in [5.41, 5.74) is 3.06. The molecule has 1 aromatic heterocycles. The number of hydrogen-bond donors (Lipinski definition) is 2. The van der Waals surface area contributed by atoms with Crippen molar-refractivity contribution in [1.29, 1.82) is 0 Å². The van der Waals surface area contributed by atoms with E-state index in [0.29, 0.717) is 23.1 Å². The highest BCUT2D eigenvalue weighted by molar-refractivity contribution is 6.33. The molecule has 0 amide bonds. The Kier molecular flexibility index (Phi) is 4.77. The molecule has 1 atom stereocenters. The smallest absolute Gasteiger partial charge is 0.0891 e. The number of para-hydroxylation sites is 1. The van der Waals surface area contributed by atoms with E-state index in [-0.39, 0.29) is 0 Å². The number of aliphatic hydroxyl groups excluding tert-OH is 1. The van der Waals surface area contributed by atoms with E-state index in [1.165, 1.54) is 0 Å². The fourth-order valence-corrected chi connectivity index (χ4v) is 3.66. The van der Waals surface area contributed by atoms with Crippen molar-refractivity contribution in [1.82, 2.24) is 4.57 Å². The van der Waals surface area contributed by atoms with Gasteiger partial charge in [-0.25, -0.2) is 0 Å². The summed E-state index contributed by atoms with van der Waals surface area (Å²) in [6, 6.07) is 21.5. The first kappa shape index (κ1) is 17.2. The molecule has 1 heterocycles. The number of fused-ring (bicyclic) bond motifs is 3. The lowest BCUT2D eigenvalue weighted by atomic mass is 10.1. The van der Waals surface area contributed by atoms with Crippen LogP contribution in [0.15, 0.2) is 66.7 Å². The highest BCUT2D eigenvalue weighted by atomic mass is 35.5. The van der Waals surface area contributed by atoms with Crippen LogP contribution in [0.4, 0.5) is 5.69 Å². The summed E-state index contributed by atoms with van der Waals surface area (Å²) in [5, 5.41) is 17.3. The molecule has 0 aliphatic rings. The van der Waals surface area contributed by atoms with E-state index < -0.39 is 6.10 Å². The number of aliphatic hydroxyl groups is 1. The molecule has 0 fully saturated rings. The number of anilines is 1. The Bertz CT molecular complexity index is 1000. The van der Waals surface area contributed by atoms with Gasteiger partial charge in [-0.15, -0.1) is 0 Å². The number of benzene rings is 3. The van der Waals surface area contributed by atoms with Gasteiger partial charge in [-0.05, 0) is 48.5 Å². The van der Waals surface area contributed by atoms with Gasteiger partial charge < -0.3 is 15.0 Å². The number of nitrogens with one attached hydrogen (secondary N) is 1. The Balaban J connectivity index is 1.66. The Morgan fingerprint density at radius 3 is 2.00 bits per heavy atom. The molecule has 0 radical (unpaired) electrons. The first-order valence-corrected chi connectivity index (χ1v) is 9.21. The lowest BCUT2D eigenvalue weighted by molar-refractivity contribution is 0.169. The van der Waals surface area contributed by atoms with E-state index in [2.05, 4.69) is 9.88 Å². The zero-order valence-corrected chi connectivity index (χ0v) is 15.5. The monoisotopic (exact) mass is 384 g/mol. The van der Waals surface area contributed by atoms with Crippen LogP contribution >= 0.6 is 23.2 Å². The van der Waals surface area contributed by atoms with Gasteiger partial charge in [0.25, 0.3) is 0 Å². The molecule has 0 saturated heterocycles. The van der Waals surface area contributed by atoms with Gasteiger partial charge in [0.1, 0.15) is 0 Å². The second-order valence-electron chi connectivity index (χ2n) is 6.33. The fourth-order valence-electron chi connectivity index (χ4n) is 3.31. The summed E-state index contributed by atoms with van der Waals surface area (Å²) >= 11 is 12.4. The summed E-state index contributed by atoms with van der Waals surface area (Å²) < 4.78 is 2.12. The van der Waals surface area contributed by atoms with Gasteiger partial charge in [0.05, 0.1) is 12.6 Å². The van der Waals surface area contributed by atoms with Crippen LogP contribution in [-0.2, 0) is 6.54 Å². The number of nitrogens with zero attached hydrogens (tertiary/aromatic N) is 1. The van der Waals surface area contributed by atoms with Gasteiger partial charge in [0.2, 0.25) is 0 Å². The van der Waals surface area contributed by atoms with Crippen LogP contribution in [0, 0.1) is 0 Å². The Labute approximate surface area is 161 Å². The van der Waals surface area contributed by atoms with Crippen LogP contribution in [0.3, 0.4) is 0 Å². The van der Waals surface area contributed by atoms with Crippen molar-refractivity contribution >= 4 is 50.7 Å². The van der Waals surface area contributed by atoms with Gasteiger partial charge in [-0.2, -0.15) is 0 Å². The molecule has 0 aliphatic carbocycles. The van der Waals surface area contributed by atoms with Crippen molar-refractivity contribution < 1.29 is 5.11 Å². The van der Waals surface area contributed by atoms with E-state index >= 15 is 0 Å². The van der Waals surface area contributed by atoms with E-state index in [1.807, 2.05) is 66.7 Å². The van der Waals surface area contributed by atoms with E-state index in [0.717, 1.165) is 27.5 Å². The van der Waals surface area contributed by atoms with Crippen molar-refractivity contribution in [3.63, 3.8) is 0 Å². The molecule has 0 saturated carbocycles. The molecular formula is C21H18Cl2N2O. The van der Waals surface area contributed by atoms with Crippen LogP contribution in [0.2, 0.25) is 10.0 Å². The molecule has 4 rings (SSSR count). The molecular weight excluding hydrogens is 367 g/mol. The number of hydrogen-bond acceptors (Lipinski definition) is 2. The molecule has 132 valence electrons. The van der Waals surface area contributed by atoms with E-state index in [1.54, 1.807) is 0 Å². The third kappa shape index (κ3) is 3.38. The Hall–Kier alpha value is -2.20. The Morgan fingerprint density at radius 1 is 0.846 bits per heavy atom. The maximum absolute atomic E-state index is 10.6. The van der Waals surface area contributed by atoms with Crippen LogP contribution in [0.1, 0.15) is 0 Å². The molecule has 26 heavy (non-hydrogen) atoms. The summed E-state index contributed by atoms with van der Waals surface area (Å²) in [5.74, 6) is 0. The molecule has 0 bridgehead atoms. The third-order valence-electron chi connectivity index (χ3n) is 4.50. The van der Waals surface area contributed by atoms with Crippen molar-refractivity contribution in [3.05, 3.63) is 76.8 Å². The first-order chi connectivity index (χ1) is 12.6. The third-order valence-corrected chi connectivity index (χ3v) is 4.97. The number of aromatic nitrogens is 1. The topological polar surface area (TPSA) is 37.2 Å². The SMILES string of the molecule is OC(CNc1ccccc1)Cn1c2ccc(Cl)cc2c2cc(Cl)ccc21. The highest BCUT2D eigenvalue weighted by Crippen LogP contribution is 2.33. The quantitative estimate of drug-likeness (QED) is 0.471. The van der Waals surface area contributed by atoms with Crippen molar-refractivity contribution in [2.24, 2.45) is 0 Å². The molecule has 1 unspecified atom stereocenters. The molecule has 0 aliphatic heterocycles. The van der Waals surface area contributed by atoms with Crippen LogP contribution in [-0.4, -0.2) is 22.3 Å². The van der Waals surface area contributed by atoms with Crippen molar-refractivity contribution in [2.45, 2.75) is 12.6 Å². The second-order valence-corrected chi connectivity index (χ2v) is 7.21. The van der Waals surface area contributed by atoms with Gasteiger partial charge in [-0.1, -0.05) is 41.4 Å². The molecule has 3 nitrogen and oxygen atoms in total. The van der Waals surface area contributed by atoms with E-state index in [9.17, 15) is 5.11 Å². The molecule has 5 heteroatoms. The average Bonchev–Trinajstić information content (AvgIpc) is 2.93. The Morgan fingerprint density at radius 2 is 1.42 bits per heavy atom. The maximum Gasteiger partial charge on any atom is 0.0891 e. The molecule has 0 spiro atoms. The lowest BCUT2D eigenvalue weighted by Crippen LogP contribution is -2.24. The predicted molar refractivity (Wildman–Crippen MR) is 110 cm³/mol. The number of halogens is 2. The highest BCUT2D eigenvalue weighted by Gasteiger charge is 2.14. The second kappa shape index (κ2) is 7.20. The maximum atomic E-state index is 10.6. The van der Waals surface area contributed by atoms with Crippen molar-refractivity contribution in [3.8, 4) is 0 Å². The molecule has 3 aromatic carbocycles. The molecule has 2 N–H and O–H groups in total. The minimum Gasteiger partial charge on any atom is -0.389 e. The summed E-state index contributed by atoms with van der Waals surface area (Å²) in [6.07, 6.45) is -0.541. The summed E-state index contributed by atoms with van der Waals surface area (Å²) in [7, 11) is 0. The zero-order valence-electron chi connectivity index (χ0n) is 14.0. The van der Waals surface area contributed by atoms with Crippen molar-refractivity contribution in [2.75, 3.05) is 11.9 Å². The lowest BCUT2D eigenvalue weighted by Gasteiger charge is -2.15. The van der Waals surface area contributed by atoms with Crippen LogP contribution < -0.4 is 5.32 Å². The van der Waals surface area contributed by atoms with Gasteiger partial charge in [0.15, 0.2) is 0 Å². The van der Waals surface area contributed by atoms with Crippen LogP contribution in [0.5, 0.6) is 0 Å². The fraction of sp³-hybridized carbons (Fsp3) is 0.143. The number of rotatable bonds is 5. The van der Waals surface area contributed by atoms with Gasteiger partial charge in [0, 0.05) is 44.1 Å². The minimum absolute atomic E-state index is 0.465. The van der Waals surface area contributed by atoms with E-state index in [4.69, 9.17) is 23.2 Å². The standard InChI is InChI=1S/C21H18Cl2N2O/c22-14-6-8-20-18(10-14)19-11-15(23)7-9-21(19)25(20)13-17(26)12-24-16-4-2-1-3-5-16/h1-11,17,24,26H,12-13H2. The zero-order chi connectivity index (χ0) is 18.1. The summed E-state index contributed by atoms with van der Waals surface area (Å²) in [4.78, 5) is 0. The van der Waals surface area contributed by atoms with Gasteiger partial charge in [-0.3, -0.25) is 0 Å². The van der Waals surface area contributed by atoms with Gasteiger partial charge >= 0.3 is 0 Å². The molecule has 4 aromatic rings. The average molecular weight is 385 g/mol. The summed E-state index contributed by atoms with van der Waals surface area (Å²) in [6.45, 7) is 0.940. The first-order valence-electron chi connectivity index (χ1n) is 8.46. The minimum atomic E-state index is -0.541. The largest absolute Gasteiger partial charge is 0.389 e. The normalized spacial score (nSPS) is 12.6.